The van der Waals surface area contributed by atoms with Gasteiger partial charge in [-0.15, -0.1) is 0 Å². The smallest absolute Gasteiger partial charge is 0.338 e. The van der Waals surface area contributed by atoms with E-state index in [-0.39, 0.29) is 12.2 Å². The van der Waals surface area contributed by atoms with Crippen molar-refractivity contribution in [2.24, 2.45) is 4.99 Å². The highest BCUT2D eigenvalue weighted by atomic mass is 79.9. The predicted octanol–water partition coefficient (Wildman–Crippen LogP) is 4.37. The molecule has 3 aromatic rings. The minimum Gasteiger partial charge on any atom is -0.497 e. The fourth-order valence-corrected chi connectivity index (χ4v) is 5.78. The Bertz CT molecular complexity index is 1570. The van der Waals surface area contributed by atoms with E-state index in [1.165, 1.54) is 11.3 Å². The van der Waals surface area contributed by atoms with E-state index in [0.29, 0.717) is 62.2 Å². The fourth-order valence-electron chi connectivity index (χ4n) is 4.27. The number of carbonyl (C=O) groups excluding carboxylic acids is 1. The first-order valence-electron chi connectivity index (χ1n) is 12.3. The molecule has 0 amide bonds. The molecule has 0 radical (unpaired) electrons. The van der Waals surface area contributed by atoms with Crippen molar-refractivity contribution in [3.63, 3.8) is 0 Å². The number of carbonyl (C=O) groups is 1. The Balaban J connectivity index is 1.95. The molecule has 0 saturated carbocycles. The van der Waals surface area contributed by atoms with Crippen LogP contribution in [0, 0.1) is 0 Å². The van der Waals surface area contributed by atoms with Crippen LogP contribution in [-0.2, 0) is 9.53 Å². The van der Waals surface area contributed by atoms with Crippen LogP contribution in [0.15, 0.2) is 61.9 Å². The molecule has 10 heteroatoms. The molecule has 4 rings (SSSR count). The SMILES string of the molecule is CCOC(=O)C1=C(C)N=c2s/c(=C\c3cc(Br)c(OCC)cc3OCC)c(=O)n2[C@@H]1c1cccc(OC)c1. The van der Waals surface area contributed by atoms with Gasteiger partial charge in [-0.1, -0.05) is 23.5 Å². The van der Waals surface area contributed by atoms with Crippen LogP contribution in [0.2, 0.25) is 0 Å². The summed E-state index contributed by atoms with van der Waals surface area (Å²) in [7, 11) is 1.57. The van der Waals surface area contributed by atoms with Crippen molar-refractivity contribution in [1.82, 2.24) is 4.57 Å². The minimum atomic E-state index is -0.721. The molecule has 0 bridgehead atoms. The Kier molecular flexibility index (Phi) is 8.73. The summed E-state index contributed by atoms with van der Waals surface area (Å²) >= 11 is 4.81. The number of nitrogens with zero attached hydrogens (tertiary/aromatic N) is 2. The number of benzene rings is 2. The number of fused-ring (bicyclic) bond motifs is 1. The van der Waals surface area contributed by atoms with Gasteiger partial charge >= 0.3 is 5.97 Å². The molecule has 0 N–H and O–H groups in total. The molecular formula is C28H29BrN2O6S. The van der Waals surface area contributed by atoms with Crippen LogP contribution in [0.3, 0.4) is 0 Å². The summed E-state index contributed by atoms with van der Waals surface area (Å²) in [6.07, 6.45) is 1.78. The summed E-state index contributed by atoms with van der Waals surface area (Å²) in [6, 6.07) is 10.3. The second kappa shape index (κ2) is 12.0. The maximum Gasteiger partial charge on any atom is 0.338 e. The Morgan fingerprint density at radius 1 is 1.11 bits per heavy atom. The minimum absolute atomic E-state index is 0.206. The van der Waals surface area contributed by atoms with Crippen LogP contribution in [0.5, 0.6) is 17.2 Å². The summed E-state index contributed by atoms with van der Waals surface area (Å²) < 4.78 is 25.1. The van der Waals surface area contributed by atoms with Crippen molar-refractivity contribution < 1.29 is 23.7 Å². The highest BCUT2D eigenvalue weighted by Gasteiger charge is 2.33. The van der Waals surface area contributed by atoms with Gasteiger partial charge in [0.1, 0.15) is 17.2 Å². The van der Waals surface area contributed by atoms with Gasteiger partial charge in [0.05, 0.1) is 53.2 Å². The normalized spacial score (nSPS) is 15.1. The van der Waals surface area contributed by atoms with Crippen molar-refractivity contribution >= 4 is 39.3 Å². The van der Waals surface area contributed by atoms with Crippen LogP contribution >= 0.6 is 27.3 Å². The number of aromatic nitrogens is 1. The van der Waals surface area contributed by atoms with Gasteiger partial charge in [-0.25, -0.2) is 9.79 Å². The Morgan fingerprint density at radius 3 is 2.53 bits per heavy atom. The molecule has 0 saturated heterocycles. The van der Waals surface area contributed by atoms with Crippen molar-refractivity contribution in [3.8, 4) is 17.2 Å². The molecule has 1 aliphatic rings. The lowest BCUT2D eigenvalue weighted by molar-refractivity contribution is -0.139. The number of allylic oxidation sites excluding steroid dienone is 1. The quantitative estimate of drug-likeness (QED) is 0.339. The van der Waals surface area contributed by atoms with Crippen LogP contribution in [0.25, 0.3) is 6.08 Å². The first-order valence-corrected chi connectivity index (χ1v) is 13.9. The molecule has 0 spiro atoms. The predicted molar refractivity (Wildman–Crippen MR) is 150 cm³/mol. The molecule has 200 valence electrons. The molecule has 0 aliphatic carbocycles. The van der Waals surface area contributed by atoms with Crippen LogP contribution in [0.1, 0.15) is 44.9 Å². The molecule has 2 aromatic carbocycles. The number of halogens is 1. The third-order valence-electron chi connectivity index (χ3n) is 5.88. The summed E-state index contributed by atoms with van der Waals surface area (Å²) in [5.74, 6) is 1.35. The van der Waals surface area contributed by atoms with Gasteiger partial charge in [-0.2, -0.15) is 0 Å². The van der Waals surface area contributed by atoms with E-state index in [2.05, 4.69) is 20.9 Å². The van der Waals surface area contributed by atoms with E-state index in [1.54, 1.807) is 31.6 Å². The van der Waals surface area contributed by atoms with Gasteiger partial charge < -0.3 is 18.9 Å². The third kappa shape index (κ3) is 5.42. The topological polar surface area (TPSA) is 88.4 Å². The lowest BCUT2D eigenvalue weighted by Gasteiger charge is -2.25. The third-order valence-corrected chi connectivity index (χ3v) is 7.48. The number of ether oxygens (including phenoxy) is 4. The zero-order valence-electron chi connectivity index (χ0n) is 21.9. The summed E-state index contributed by atoms with van der Waals surface area (Å²) in [5.41, 5.74) is 1.98. The standard InChI is InChI=1S/C28H29BrN2O6S/c1-6-35-21-15-22(36-7-2)20(29)13-18(21)14-23-26(32)31-25(17-10-9-11-19(12-17)34-5)24(27(33)37-8-3)16(4)30-28(31)38-23/h9-15,25H,6-8H2,1-5H3/b23-14-/t25-/m1/s1. The molecule has 0 unspecified atom stereocenters. The number of rotatable bonds is 9. The van der Waals surface area contributed by atoms with Gasteiger partial charge in [0.2, 0.25) is 0 Å². The Hall–Kier alpha value is -3.37. The molecule has 0 fully saturated rings. The molecule has 2 heterocycles. The van der Waals surface area contributed by atoms with E-state index < -0.39 is 12.0 Å². The summed E-state index contributed by atoms with van der Waals surface area (Å²) in [6.45, 7) is 8.47. The summed E-state index contributed by atoms with van der Waals surface area (Å²) in [5, 5.41) is 0. The average Bonchev–Trinajstić information content (AvgIpc) is 3.20. The van der Waals surface area contributed by atoms with Crippen LogP contribution in [0.4, 0.5) is 0 Å². The molecule has 38 heavy (non-hydrogen) atoms. The van der Waals surface area contributed by atoms with E-state index in [0.717, 1.165) is 4.47 Å². The number of hydrogen-bond acceptors (Lipinski definition) is 8. The monoisotopic (exact) mass is 600 g/mol. The molecule has 1 atom stereocenters. The first-order chi connectivity index (χ1) is 18.3. The van der Waals surface area contributed by atoms with E-state index in [1.807, 2.05) is 50.2 Å². The maximum absolute atomic E-state index is 13.9. The Morgan fingerprint density at radius 2 is 1.84 bits per heavy atom. The van der Waals surface area contributed by atoms with Gasteiger partial charge in [0.15, 0.2) is 4.80 Å². The number of methoxy groups -OCH3 is 1. The van der Waals surface area contributed by atoms with Gasteiger partial charge in [-0.3, -0.25) is 9.36 Å². The number of esters is 1. The van der Waals surface area contributed by atoms with Crippen molar-refractivity contribution in [2.75, 3.05) is 26.9 Å². The Labute approximate surface area is 233 Å². The van der Waals surface area contributed by atoms with Crippen molar-refractivity contribution in [2.45, 2.75) is 33.7 Å². The molecular weight excluding hydrogens is 572 g/mol. The number of thiazole rings is 1. The highest BCUT2D eigenvalue weighted by Crippen LogP contribution is 2.34. The maximum atomic E-state index is 13.9. The molecule has 1 aromatic heterocycles. The number of hydrogen-bond donors (Lipinski definition) is 0. The highest BCUT2D eigenvalue weighted by molar-refractivity contribution is 9.10. The zero-order chi connectivity index (χ0) is 27.4. The lowest BCUT2D eigenvalue weighted by atomic mass is 9.95. The van der Waals surface area contributed by atoms with Gasteiger partial charge in [-0.05, 0) is 73.5 Å². The van der Waals surface area contributed by atoms with Crippen molar-refractivity contribution in [1.29, 1.82) is 0 Å². The fraction of sp³-hybridized carbons (Fsp3) is 0.321. The van der Waals surface area contributed by atoms with Crippen LogP contribution < -0.4 is 29.1 Å². The lowest BCUT2D eigenvalue weighted by Crippen LogP contribution is -2.39. The van der Waals surface area contributed by atoms with Gasteiger partial charge in [0, 0.05) is 11.6 Å². The second-order valence-electron chi connectivity index (χ2n) is 8.27. The van der Waals surface area contributed by atoms with Crippen LogP contribution in [-0.4, -0.2) is 37.5 Å². The van der Waals surface area contributed by atoms with E-state index >= 15 is 0 Å². The largest absolute Gasteiger partial charge is 0.497 e. The zero-order valence-corrected chi connectivity index (χ0v) is 24.3. The first kappa shape index (κ1) is 27.7. The van der Waals surface area contributed by atoms with E-state index in [9.17, 15) is 9.59 Å². The summed E-state index contributed by atoms with van der Waals surface area (Å²) in [4.78, 5) is 32.1. The molecule has 8 nitrogen and oxygen atoms in total. The second-order valence-corrected chi connectivity index (χ2v) is 10.1. The van der Waals surface area contributed by atoms with E-state index in [4.69, 9.17) is 18.9 Å². The van der Waals surface area contributed by atoms with Gasteiger partial charge in [0.25, 0.3) is 5.56 Å². The average molecular weight is 602 g/mol. The van der Waals surface area contributed by atoms with Crippen molar-refractivity contribution in [3.05, 3.63) is 83.0 Å². The molecule has 1 aliphatic heterocycles.